The first-order chi connectivity index (χ1) is 21.0. The fraction of sp³-hybridized carbons (Fsp3) is 0.387. The van der Waals surface area contributed by atoms with Crippen molar-refractivity contribution >= 4 is 39.9 Å². The lowest BCUT2D eigenvalue weighted by Crippen LogP contribution is -2.44. The molecule has 1 saturated heterocycles. The number of anilines is 3. The van der Waals surface area contributed by atoms with Crippen LogP contribution >= 0.6 is 0 Å². The van der Waals surface area contributed by atoms with Gasteiger partial charge in [-0.3, -0.25) is 4.79 Å². The average molecular weight is 581 g/mol. The smallest absolute Gasteiger partial charge is 0.255 e. The lowest BCUT2D eigenvalue weighted by Gasteiger charge is -2.33. The van der Waals surface area contributed by atoms with Crippen LogP contribution < -0.4 is 15.5 Å². The lowest BCUT2D eigenvalue weighted by molar-refractivity contribution is 0.0599. The number of aromatic amines is 1. The van der Waals surface area contributed by atoms with Crippen molar-refractivity contribution in [1.82, 2.24) is 39.8 Å². The monoisotopic (exact) mass is 580 g/mol. The first-order valence-electron chi connectivity index (χ1n) is 14.9. The molecule has 1 aliphatic carbocycles. The molecule has 12 heteroatoms. The lowest BCUT2D eigenvalue weighted by atomic mass is 9.93. The number of nitrogens with zero attached hydrogens (tertiary/aromatic N) is 7. The van der Waals surface area contributed by atoms with E-state index in [0.29, 0.717) is 11.5 Å². The molecule has 0 unspecified atom stereocenters. The van der Waals surface area contributed by atoms with Gasteiger partial charge in [0.25, 0.3) is 5.91 Å². The molecule has 0 spiro atoms. The second-order valence-corrected chi connectivity index (χ2v) is 11.5. The highest BCUT2D eigenvalue weighted by molar-refractivity contribution is 6.02. The Morgan fingerprint density at radius 2 is 1.88 bits per heavy atom. The summed E-state index contributed by atoms with van der Waals surface area (Å²) in [6.45, 7) is 3.95. The van der Waals surface area contributed by atoms with Gasteiger partial charge >= 0.3 is 0 Å². The van der Waals surface area contributed by atoms with Crippen molar-refractivity contribution in [2.45, 2.75) is 37.8 Å². The van der Waals surface area contributed by atoms with Crippen LogP contribution in [0.15, 0.2) is 55.2 Å². The largest absolute Gasteiger partial charge is 0.381 e. The van der Waals surface area contributed by atoms with Gasteiger partial charge in [0.15, 0.2) is 0 Å². The van der Waals surface area contributed by atoms with Gasteiger partial charge in [0.05, 0.1) is 23.4 Å². The zero-order chi connectivity index (χ0) is 29.3. The number of fused-ring (bicyclic) bond motifs is 2. The van der Waals surface area contributed by atoms with Gasteiger partial charge in [-0.25, -0.2) is 14.5 Å². The second kappa shape index (κ2) is 11.6. The molecule has 6 heterocycles. The van der Waals surface area contributed by atoms with Gasteiger partial charge in [-0.1, -0.05) is 0 Å². The summed E-state index contributed by atoms with van der Waals surface area (Å²) < 4.78 is 7.20. The normalized spacial score (nSPS) is 19.6. The maximum atomic E-state index is 13.2. The number of carbonyl (C=O) groups is 1. The van der Waals surface area contributed by atoms with E-state index in [2.05, 4.69) is 47.5 Å². The van der Waals surface area contributed by atoms with E-state index < -0.39 is 0 Å². The minimum Gasteiger partial charge on any atom is -0.381 e. The van der Waals surface area contributed by atoms with E-state index in [1.807, 2.05) is 49.1 Å². The highest BCUT2D eigenvalue weighted by atomic mass is 16.5. The number of hydrogen-bond acceptors (Lipinski definition) is 9. The van der Waals surface area contributed by atoms with Crippen molar-refractivity contribution in [3.05, 3.63) is 60.8 Å². The summed E-state index contributed by atoms with van der Waals surface area (Å²) in [7, 11) is 3.90. The molecular weight excluding hydrogens is 544 g/mol. The number of nitrogens with one attached hydrogen (secondary N) is 3. The van der Waals surface area contributed by atoms with Crippen LogP contribution in [0, 0.1) is 0 Å². The van der Waals surface area contributed by atoms with Crippen LogP contribution in [0.25, 0.3) is 27.7 Å². The molecule has 0 radical (unpaired) electrons. The standard InChI is InChI=1S/C31H36N10O2/c1-39-11-13-40(14-12-39)28-16-22(7-9-32-28)37-31-34-18-25-24(17-33-29(25)38-31)20-8-10-41-27(15-20)26(19-35-41)30(42)36-21-3-5-23(43-2)6-4-21/h7-10,15-19,21,23H,3-6,11-14H2,1-2H3,(H,36,42)(H2,32,33,34,37,38). The Morgan fingerprint density at radius 1 is 1.05 bits per heavy atom. The summed E-state index contributed by atoms with van der Waals surface area (Å²) >= 11 is 0. The van der Waals surface area contributed by atoms with E-state index in [0.717, 1.165) is 91.0 Å². The fourth-order valence-corrected chi connectivity index (χ4v) is 6.07. The maximum Gasteiger partial charge on any atom is 0.255 e. The Balaban J connectivity index is 1.09. The fourth-order valence-electron chi connectivity index (χ4n) is 6.07. The molecule has 12 nitrogen and oxygen atoms in total. The van der Waals surface area contributed by atoms with Crippen LogP contribution in [-0.2, 0) is 4.74 Å². The number of ether oxygens (including phenoxy) is 1. The van der Waals surface area contributed by atoms with Gasteiger partial charge in [-0.15, -0.1) is 0 Å². The number of rotatable bonds is 7. The van der Waals surface area contributed by atoms with Gasteiger partial charge in [-0.05, 0) is 56.5 Å². The summed E-state index contributed by atoms with van der Waals surface area (Å²) in [6.07, 6.45) is 13.1. The van der Waals surface area contributed by atoms with Crippen molar-refractivity contribution in [2.24, 2.45) is 0 Å². The minimum atomic E-state index is -0.0992. The molecule has 0 aromatic carbocycles. The molecule has 0 atom stereocenters. The van der Waals surface area contributed by atoms with E-state index in [1.165, 1.54) is 0 Å². The zero-order valence-corrected chi connectivity index (χ0v) is 24.5. The molecule has 43 heavy (non-hydrogen) atoms. The number of amides is 1. The molecule has 5 aromatic rings. The molecule has 1 amide bonds. The first-order valence-corrected chi connectivity index (χ1v) is 14.9. The van der Waals surface area contributed by atoms with Crippen LogP contribution in [0.3, 0.4) is 0 Å². The van der Waals surface area contributed by atoms with Gasteiger partial charge in [-0.2, -0.15) is 10.1 Å². The number of H-pyrrole nitrogens is 1. The minimum absolute atomic E-state index is 0.0992. The van der Waals surface area contributed by atoms with Crippen molar-refractivity contribution in [2.75, 3.05) is 50.6 Å². The van der Waals surface area contributed by atoms with Crippen LogP contribution in [-0.4, -0.2) is 92.8 Å². The molecule has 0 bridgehead atoms. The SMILES string of the molecule is COC1CCC(NC(=O)c2cnn3ccc(-c4c[nH]c5nc(Nc6ccnc(N7CCN(C)CC7)c6)ncc45)cc23)CC1. The number of aromatic nitrogens is 6. The topological polar surface area (TPSA) is 129 Å². The first kappa shape index (κ1) is 27.3. The third kappa shape index (κ3) is 5.63. The number of piperazine rings is 1. The highest BCUT2D eigenvalue weighted by Crippen LogP contribution is 2.30. The number of hydrogen-bond donors (Lipinski definition) is 3. The molecule has 2 fully saturated rings. The van der Waals surface area contributed by atoms with E-state index in [9.17, 15) is 4.79 Å². The summed E-state index contributed by atoms with van der Waals surface area (Å²) in [5.74, 6) is 1.35. The maximum absolute atomic E-state index is 13.2. The van der Waals surface area contributed by atoms with E-state index in [-0.39, 0.29) is 18.1 Å². The number of likely N-dealkylation sites (N-methyl/N-ethyl adjacent to an activating group) is 1. The predicted molar refractivity (Wildman–Crippen MR) is 166 cm³/mol. The average Bonchev–Trinajstić information content (AvgIpc) is 3.66. The van der Waals surface area contributed by atoms with E-state index >= 15 is 0 Å². The van der Waals surface area contributed by atoms with Crippen molar-refractivity contribution < 1.29 is 9.53 Å². The molecule has 222 valence electrons. The second-order valence-electron chi connectivity index (χ2n) is 11.5. The summed E-state index contributed by atoms with van der Waals surface area (Å²) in [6, 6.07) is 8.09. The third-order valence-corrected chi connectivity index (χ3v) is 8.68. The molecule has 2 aliphatic rings. The van der Waals surface area contributed by atoms with Crippen molar-refractivity contribution in [3.63, 3.8) is 0 Å². The number of methoxy groups -OCH3 is 1. The Hall–Kier alpha value is -4.55. The summed E-state index contributed by atoms with van der Waals surface area (Å²) in [5, 5.41) is 11.8. The Bertz CT molecular complexity index is 1750. The Labute approximate surface area is 249 Å². The van der Waals surface area contributed by atoms with Crippen LogP contribution in [0.1, 0.15) is 36.0 Å². The van der Waals surface area contributed by atoms with E-state index in [4.69, 9.17) is 9.72 Å². The predicted octanol–water partition coefficient (Wildman–Crippen LogP) is 3.85. The quantitative estimate of drug-likeness (QED) is 0.263. The zero-order valence-electron chi connectivity index (χ0n) is 24.5. The molecular formula is C31H36N10O2. The van der Waals surface area contributed by atoms with Crippen LogP contribution in [0.2, 0.25) is 0 Å². The number of carbonyl (C=O) groups excluding carboxylic acids is 1. The molecule has 7 rings (SSSR count). The van der Waals surface area contributed by atoms with Crippen LogP contribution in [0.5, 0.6) is 0 Å². The highest BCUT2D eigenvalue weighted by Gasteiger charge is 2.24. The van der Waals surface area contributed by atoms with Crippen molar-refractivity contribution in [1.29, 1.82) is 0 Å². The van der Waals surface area contributed by atoms with Gasteiger partial charge in [0.2, 0.25) is 5.95 Å². The molecule has 5 aromatic heterocycles. The Morgan fingerprint density at radius 3 is 2.70 bits per heavy atom. The van der Waals surface area contributed by atoms with Gasteiger partial charge in [0.1, 0.15) is 11.5 Å². The summed E-state index contributed by atoms with van der Waals surface area (Å²) in [4.78, 5) is 35.1. The third-order valence-electron chi connectivity index (χ3n) is 8.68. The van der Waals surface area contributed by atoms with Gasteiger partial charge < -0.3 is 30.2 Å². The molecule has 1 aliphatic heterocycles. The molecule has 1 saturated carbocycles. The van der Waals surface area contributed by atoms with Crippen LogP contribution in [0.4, 0.5) is 17.5 Å². The number of pyridine rings is 2. The summed E-state index contributed by atoms with van der Waals surface area (Å²) in [5.41, 5.74) is 4.83. The van der Waals surface area contributed by atoms with E-state index in [1.54, 1.807) is 17.8 Å². The Kier molecular flexibility index (Phi) is 7.37. The molecule has 3 N–H and O–H groups in total. The van der Waals surface area contributed by atoms with Crippen molar-refractivity contribution in [3.8, 4) is 11.1 Å². The van der Waals surface area contributed by atoms with Gasteiger partial charge in [0, 0.05) is 86.8 Å².